The summed E-state index contributed by atoms with van der Waals surface area (Å²) >= 11 is 0. The lowest BCUT2D eigenvalue weighted by atomic mass is 10.0. The van der Waals surface area contributed by atoms with Crippen LogP contribution in [0.3, 0.4) is 0 Å². The smallest absolute Gasteiger partial charge is 0.248 e. The van der Waals surface area contributed by atoms with E-state index in [9.17, 15) is 9.90 Å². The number of nitrogens with zero attached hydrogens (tertiary/aromatic N) is 1. The second-order valence-electron chi connectivity index (χ2n) is 5.32. The Morgan fingerprint density at radius 1 is 1.44 bits per heavy atom. The zero-order valence-corrected chi connectivity index (χ0v) is 10.5. The molecule has 0 spiro atoms. The van der Waals surface area contributed by atoms with Crippen LogP contribution in [0.4, 0.5) is 0 Å². The first-order chi connectivity index (χ1) is 7.44. The Bertz CT molecular complexity index is 235. The molecule has 1 atom stereocenters. The molecular weight excluding hydrogens is 206 g/mol. The van der Waals surface area contributed by atoms with Crippen LogP contribution in [0.25, 0.3) is 0 Å². The van der Waals surface area contributed by atoms with Crippen LogP contribution in [0.15, 0.2) is 0 Å². The van der Waals surface area contributed by atoms with Gasteiger partial charge in [-0.05, 0) is 40.0 Å². The molecule has 1 fully saturated rings. The summed E-state index contributed by atoms with van der Waals surface area (Å²) in [7, 11) is 0. The zero-order valence-electron chi connectivity index (χ0n) is 10.5. The number of piperidine rings is 1. The highest BCUT2D eigenvalue weighted by atomic mass is 16.5. The number of amides is 1. The normalized spacial score (nSPS) is 22.2. The van der Waals surface area contributed by atoms with Crippen LogP contribution in [-0.2, 0) is 9.53 Å². The number of carbonyl (C=O) groups excluding carboxylic acids is 1. The maximum absolute atomic E-state index is 11.9. The molecule has 1 unspecified atom stereocenters. The van der Waals surface area contributed by atoms with Crippen molar-refractivity contribution < 1.29 is 14.6 Å². The molecule has 0 radical (unpaired) electrons. The van der Waals surface area contributed by atoms with Crippen LogP contribution in [0.5, 0.6) is 0 Å². The number of carbonyl (C=O) groups is 1. The Morgan fingerprint density at radius 2 is 2.12 bits per heavy atom. The van der Waals surface area contributed by atoms with Gasteiger partial charge < -0.3 is 14.7 Å². The fourth-order valence-electron chi connectivity index (χ4n) is 1.88. The second kappa shape index (κ2) is 5.64. The van der Waals surface area contributed by atoms with Crippen molar-refractivity contribution in [2.24, 2.45) is 0 Å². The molecule has 0 saturated carbocycles. The molecule has 0 aromatic carbocycles. The predicted molar refractivity (Wildman–Crippen MR) is 62.1 cm³/mol. The summed E-state index contributed by atoms with van der Waals surface area (Å²) in [5.41, 5.74) is -0.292. The fraction of sp³-hybridized carbons (Fsp3) is 0.917. The van der Waals surface area contributed by atoms with Crippen molar-refractivity contribution in [2.45, 2.75) is 51.7 Å². The maximum atomic E-state index is 11.9. The Balaban J connectivity index is 2.45. The van der Waals surface area contributed by atoms with Crippen molar-refractivity contribution in [3.63, 3.8) is 0 Å². The summed E-state index contributed by atoms with van der Waals surface area (Å²) in [5.74, 6) is -0.00586. The number of aliphatic hydroxyl groups excluding tert-OH is 1. The van der Waals surface area contributed by atoms with E-state index in [0.717, 1.165) is 25.8 Å². The standard InChI is InChI=1S/C12H23NO3/c1-12(2,3)16-9-11(15)13-7-5-4-6-10(13)8-14/h10,14H,4-9H2,1-3H3. The molecule has 4 heteroatoms. The lowest BCUT2D eigenvalue weighted by Crippen LogP contribution is -2.47. The van der Waals surface area contributed by atoms with Crippen molar-refractivity contribution >= 4 is 5.91 Å². The van der Waals surface area contributed by atoms with E-state index in [1.165, 1.54) is 0 Å². The second-order valence-corrected chi connectivity index (χ2v) is 5.32. The van der Waals surface area contributed by atoms with Gasteiger partial charge in [0.25, 0.3) is 0 Å². The summed E-state index contributed by atoms with van der Waals surface area (Å²) in [5, 5.41) is 9.20. The van der Waals surface area contributed by atoms with Gasteiger partial charge in [-0.3, -0.25) is 4.79 Å². The number of likely N-dealkylation sites (tertiary alicyclic amines) is 1. The molecule has 0 aromatic heterocycles. The number of ether oxygens (including phenoxy) is 1. The van der Waals surface area contributed by atoms with Gasteiger partial charge in [0.2, 0.25) is 5.91 Å². The first-order valence-electron chi connectivity index (χ1n) is 5.98. The average Bonchev–Trinajstić information content (AvgIpc) is 2.25. The molecule has 1 saturated heterocycles. The molecule has 1 heterocycles. The van der Waals surface area contributed by atoms with Gasteiger partial charge in [-0.1, -0.05) is 0 Å². The summed E-state index contributed by atoms with van der Waals surface area (Å²) in [6, 6.07) is -0.00943. The lowest BCUT2D eigenvalue weighted by molar-refractivity contribution is -0.145. The highest BCUT2D eigenvalue weighted by Crippen LogP contribution is 2.17. The maximum Gasteiger partial charge on any atom is 0.248 e. The van der Waals surface area contributed by atoms with Crippen molar-refractivity contribution in [2.75, 3.05) is 19.8 Å². The van der Waals surface area contributed by atoms with E-state index in [2.05, 4.69) is 0 Å². The molecule has 0 aromatic rings. The van der Waals surface area contributed by atoms with Gasteiger partial charge in [0.05, 0.1) is 18.2 Å². The average molecular weight is 229 g/mol. The molecular formula is C12H23NO3. The molecule has 1 amide bonds. The van der Waals surface area contributed by atoms with Gasteiger partial charge in [0.1, 0.15) is 6.61 Å². The molecule has 1 rings (SSSR count). The van der Waals surface area contributed by atoms with Crippen LogP contribution in [0.2, 0.25) is 0 Å². The number of hydrogen-bond donors (Lipinski definition) is 1. The van der Waals surface area contributed by atoms with Crippen molar-refractivity contribution in [3.05, 3.63) is 0 Å². The third kappa shape index (κ3) is 4.10. The lowest BCUT2D eigenvalue weighted by Gasteiger charge is -2.35. The Kier molecular flexibility index (Phi) is 4.74. The minimum absolute atomic E-state index is 0.00586. The minimum Gasteiger partial charge on any atom is -0.394 e. The predicted octanol–water partition coefficient (Wildman–Crippen LogP) is 1.17. The minimum atomic E-state index is -0.292. The van der Waals surface area contributed by atoms with Gasteiger partial charge in [-0.15, -0.1) is 0 Å². The van der Waals surface area contributed by atoms with Crippen LogP contribution in [0.1, 0.15) is 40.0 Å². The third-order valence-electron chi connectivity index (χ3n) is 2.79. The fourth-order valence-corrected chi connectivity index (χ4v) is 1.88. The molecule has 4 nitrogen and oxygen atoms in total. The first-order valence-corrected chi connectivity index (χ1v) is 5.98. The largest absolute Gasteiger partial charge is 0.394 e. The number of aliphatic hydroxyl groups is 1. The van der Waals surface area contributed by atoms with E-state index in [0.29, 0.717) is 0 Å². The molecule has 1 aliphatic heterocycles. The van der Waals surface area contributed by atoms with E-state index >= 15 is 0 Å². The molecule has 94 valence electrons. The zero-order chi connectivity index (χ0) is 12.2. The Hall–Kier alpha value is -0.610. The van der Waals surface area contributed by atoms with Crippen molar-refractivity contribution in [1.82, 2.24) is 4.90 Å². The Morgan fingerprint density at radius 3 is 2.69 bits per heavy atom. The molecule has 0 bridgehead atoms. The van der Waals surface area contributed by atoms with E-state index < -0.39 is 0 Å². The number of hydrogen-bond acceptors (Lipinski definition) is 3. The van der Waals surface area contributed by atoms with Crippen LogP contribution >= 0.6 is 0 Å². The molecule has 1 N–H and O–H groups in total. The van der Waals surface area contributed by atoms with Gasteiger partial charge in [0.15, 0.2) is 0 Å². The van der Waals surface area contributed by atoms with Gasteiger partial charge in [0, 0.05) is 6.54 Å². The summed E-state index contributed by atoms with van der Waals surface area (Å²) < 4.78 is 5.46. The van der Waals surface area contributed by atoms with E-state index in [4.69, 9.17) is 4.74 Å². The quantitative estimate of drug-likeness (QED) is 0.790. The summed E-state index contributed by atoms with van der Waals surface area (Å²) in [4.78, 5) is 13.7. The van der Waals surface area contributed by atoms with E-state index in [1.54, 1.807) is 4.90 Å². The SMILES string of the molecule is CC(C)(C)OCC(=O)N1CCCCC1CO. The van der Waals surface area contributed by atoms with E-state index in [1.807, 2.05) is 20.8 Å². The monoisotopic (exact) mass is 229 g/mol. The highest BCUT2D eigenvalue weighted by Gasteiger charge is 2.26. The van der Waals surface area contributed by atoms with Gasteiger partial charge in [-0.25, -0.2) is 0 Å². The van der Waals surface area contributed by atoms with E-state index in [-0.39, 0.29) is 30.8 Å². The van der Waals surface area contributed by atoms with Gasteiger partial charge >= 0.3 is 0 Å². The van der Waals surface area contributed by atoms with Crippen LogP contribution in [-0.4, -0.2) is 47.3 Å². The number of rotatable bonds is 3. The topological polar surface area (TPSA) is 49.8 Å². The molecule has 1 aliphatic rings. The Labute approximate surface area is 97.6 Å². The first kappa shape index (κ1) is 13.5. The third-order valence-corrected chi connectivity index (χ3v) is 2.79. The summed E-state index contributed by atoms with van der Waals surface area (Å²) in [6.45, 7) is 6.71. The highest BCUT2D eigenvalue weighted by molar-refractivity contribution is 5.78. The van der Waals surface area contributed by atoms with Crippen molar-refractivity contribution in [3.8, 4) is 0 Å². The molecule has 16 heavy (non-hydrogen) atoms. The van der Waals surface area contributed by atoms with Crippen molar-refractivity contribution in [1.29, 1.82) is 0 Å². The van der Waals surface area contributed by atoms with Crippen LogP contribution < -0.4 is 0 Å². The van der Waals surface area contributed by atoms with Crippen LogP contribution in [0, 0.1) is 0 Å². The summed E-state index contributed by atoms with van der Waals surface area (Å²) in [6.07, 6.45) is 3.02. The molecule has 0 aliphatic carbocycles. The van der Waals surface area contributed by atoms with Gasteiger partial charge in [-0.2, -0.15) is 0 Å².